The third-order valence-electron chi connectivity index (χ3n) is 7.54. The molecular formula is C25H37N5O4. The molecule has 9 heteroatoms. The first-order chi connectivity index (χ1) is 16.3. The van der Waals surface area contributed by atoms with Crippen molar-refractivity contribution in [1.29, 1.82) is 0 Å². The second-order valence-corrected chi connectivity index (χ2v) is 9.93. The van der Waals surface area contributed by atoms with Crippen LogP contribution in [0.1, 0.15) is 33.1 Å². The Kier molecular flexibility index (Phi) is 7.73. The van der Waals surface area contributed by atoms with Gasteiger partial charge in [0, 0.05) is 64.0 Å². The Morgan fingerprint density at radius 3 is 2.32 bits per heavy atom. The van der Waals surface area contributed by atoms with Gasteiger partial charge in [-0.15, -0.1) is 0 Å². The number of hydrogen-bond donors (Lipinski definition) is 2. The number of piperazine rings is 1. The van der Waals surface area contributed by atoms with Crippen molar-refractivity contribution in [3.8, 4) is 5.75 Å². The number of phenolic OH excluding ortho intramolecular Hbond substituents is 1. The van der Waals surface area contributed by atoms with Gasteiger partial charge in [-0.2, -0.15) is 0 Å². The number of nitrogens with zero attached hydrogens (tertiary/aromatic N) is 4. The molecule has 0 spiro atoms. The van der Waals surface area contributed by atoms with Crippen LogP contribution < -0.4 is 5.32 Å². The highest BCUT2D eigenvalue weighted by Crippen LogP contribution is 2.23. The zero-order valence-electron chi connectivity index (χ0n) is 20.3. The normalized spacial score (nSPS) is 24.9. The van der Waals surface area contributed by atoms with Gasteiger partial charge in [-0.3, -0.25) is 24.2 Å². The first-order valence-electron chi connectivity index (χ1n) is 12.4. The number of carbonyl (C=O) groups excluding carboxylic acids is 3. The molecule has 186 valence electrons. The lowest BCUT2D eigenvalue weighted by Gasteiger charge is -2.45. The Balaban J connectivity index is 1.21. The maximum Gasteiger partial charge on any atom is 0.237 e. The lowest BCUT2D eigenvalue weighted by atomic mass is 10.0. The van der Waals surface area contributed by atoms with E-state index in [0.717, 1.165) is 58.5 Å². The van der Waals surface area contributed by atoms with Crippen LogP contribution in [0.25, 0.3) is 0 Å². The molecule has 2 atom stereocenters. The van der Waals surface area contributed by atoms with Crippen molar-refractivity contribution in [3.05, 3.63) is 24.3 Å². The maximum atomic E-state index is 13.1. The van der Waals surface area contributed by atoms with Crippen molar-refractivity contribution in [2.24, 2.45) is 5.92 Å². The summed E-state index contributed by atoms with van der Waals surface area (Å²) in [5.41, 5.74) is 0.663. The van der Waals surface area contributed by atoms with Gasteiger partial charge < -0.3 is 20.2 Å². The van der Waals surface area contributed by atoms with E-state index < -0.39 is 0 Å². The average molecular weight is 472 g/mol. The SMILES string of the molecule is CC(=O)N1CCC(N2CCN(C(=O)CN3CC[C@@H](C(=O)Nc4ccc(O)cc4)C3)[C@H](C)C2)CC1. The molecule has 3 aliphatic rings. The van der Waals surface area contributed by atoms with Crippen LogP contribution in [0.4, 0.5) is 5.69 Å². The van der Waals surface area contributed by atoms with Crippen LogP contribution in [0.15, 0.2) is 24.3 Å². The van der Waals surface area contributed by atoms with Crippen LogP contribution in [0.2, 0.25) is 0 Å². The summed E-state index contributed by atoms with van der Waals surface area (Å²) in [5, 5.41) is 12.3. The molecule has 2 N–H and O–H groups in total. The minimum Gasteiger partial charge on any atom is -0.508 e. The van der Waals surface area contributed by atoms with E-state index >= 15 is 0 Å². The molecule has 3 heterocycles. The molecule has 34 heavy (non-hydrogen) atoms. The van der Waals surface area contributed by atoms with Gasteiger partial charge in [0.05, 0.1) is 12.5 Å². The summed E-state index contributed by atoms with van der Waals surface area (Å²) in [4.78, 5) is 45.7. The largest absolute Gasteiger partial charge is 0.508 e. The molecule has 0 saturated carbocycles. The Hall–Kier alpha value is -2.65. The van der Waals surface area contributed by atoms with E-state index in [4.69, 9.17) is 0 Å². The smallest absolute Gasteiger partial charge is 0.237 e. The van der Waals surface area contributed by atoms with Crippen molar-refractivity contribution >= 4 is 23.4 Å². The van der Waals surface area contributed by atoms with Gasteiger partial charge in [0.2, 0.25) is 17.7 Å². The highest BCUT2D eigenvalue weighted by atomic mass is 16.3. The van der Waals surface area contributed by atoms with Crippen LogP contribution in [0.3, 0.4) is 0 Å². The molecule has 3 saturated heterocycles. The second-order valence-electron chi connectivity index (χ2n) is 9.93. The number of nitrogens with one attached hydrogen (secondary N) is 1. The summed E-state index contributed by atoms with van der Waals surface area (Å²) < 4.78 is 0. The fraction of sp³-hybridized carbons (Fsp3) is 0.640. The summed E-state index contributed by atoms with van der Waals surface area (Å²) in [5.74, 6) is 0.273. The molecule has 4 rings (SSSR count). The van der Waals surface area contributed by atoms with Crippen molar-refractivity contribution in [2.75, 3.05) is 57.7 Å². The minimum absolute atomic E-state index is 0.0431. The monoisotopic (exact) mass is 471 g/mol. The molecule has 3 fully saturated rings. The van der Waals surface area contributed by atoms with E-state index in [9.17, 15) is 19.5 Å². The summed E-state index contributed by atoms with van der Waals surface area (Å²) in [7, 11) is 0. The second kappa shape index (κ2) is 10.7. The Bertz CT molecular complexity index is 884. The van der Waals surface area contributed by atoms with E-state index in [1.54, 1.807) is 31.2 Å². The minimum atomic E-state index is -0.142. The van der Waals surface area contributed by atoms with Gasteiger partial charge in [-0.05, 0) is 57.0 Å². The van der Waals surface area contributed by atoms with Gasteiger partial charge in [0.1, 0.15) is 5.75 Å². The predicted octanol–water partition coefficient (Wildman–Crippen LogP) is 1.20. The number of benzene rings is 1. The van der Waals surface area contributed by atoms with Gasteiger partial charge in [-0.1, -0.05) is 0 Å². The van der Waals surface area contributed by atoms with Crippen molar-refractivity contribution in [3.63, 3.8) is 0 Å². The molecule has 3 aliphatic heterocycles. The number of phenols is 1. The average Bonchev–Trinajstić information content (AvgIpc) is 3.29. The van der Waals surface area contributed by atoms with E-state index in [1.165, 1.54) is 0 Å². The van der Waals surface area contributed by atoms with E-state index in [1.807, 2.05) is 9.80 Å². The maximum absolute atomic E-state index is 13.1. The number of anilines is 1. The highest BCUT2D eigenvalue weighted by molar-refractivity contribution is 5.93. The number of carbonyl (C=O) groups is 3. The van der Waals surface area contributed by atoms with E-state index in [0.29, 0.717) is 24.8 Å². The van der Waals surface area contributed by atoms with Crippen molar-refractivity contribution < 1.29 is 19.5 Å². The number of rotatable bonds is 5. The van der Waals surface area contributed by atoms with E-state index in [2.05, 4.69) is 22.0 Å². The summed E-state index contributed by atoms with van der Waals surface area (Å²) in [6.07, 6.45) is 2.74. The first-order valence-corrected chi connectivity index (χ1v) is 12.4. The standard InChI is InChI=1S/C25H37N5O4/c1-18-15-29(22-8-11-28(12-9-22)19(2)31)13-14-30(18)24(33)17-27-10-7-20(16-27)25(34)26-21-3-5-23(32)6-4-21/h3-6,18,20,22,32H,7-17H2,1-2H3,(H,26,34)/t18-,20-/m1/s1. The lowest BCUT2D eigenvalue weighted by molar-refractivity contribution is -0.138. The van der Waals surface area contributed by atoms with Crippen LogP contribution in [-0.2, 0) is 14.4 Å². The van der Waals surface area contributed by atoms with Crippen LogP contribution in [0.5, 0.6) is 5.75 Å². The fourth-order valence-electron chi connectivity index (χ4n) is 5.50. The van der Waals surface area contributed by atoms with Gasteiger partial charge in [-0.25, -0.2) is 0 Å². The zero-order chi connectivity index (χ0) is 24.2. The first kappa shape index (κ1) is 24.5. The summed E-state index contributed by atoms with van der Waals surface area (Å²) in [6.45, 7) is 9.54. The lowest BCUT2D eigenvalue weighted by Crippen LogP contribution is -2.59. The zero-order valence-corrected chi connectivity index (χ0v) is 20.3. The molecule has 0 unspecified atom stereocenters. The quantitative estimate of drug-likeness (QED) is 0.627. The number of hydrogen-bond acceptors (Lipinski definition) is 6. The Labute approximate surface area is 201 Å². The Morgan fingerprint density at radius 2 is 1.68 bits per heavy atom. The van der Waals surface area contributed by atoms with Crippen molar-refractivity contribution in [2.45, 2.75) is 45.2 Å². The summed E-state index contributed by atoms with van der Waals surface area (Å²) >= 11 is 0. The molecule has 1 aromatic carbocycles. The molecule has 0 radical (unpaired) electrons. The molecule has 0 aliphatic carbocycles. The van der Waals surface area contributed by atoms with Crippen LogP contribution in [-0.4, -0.2) is 107 Å². The Morgan fingerprint density at radius 1 is 0.971 bits per heavy atom. The number of piperidine rings is 1. The molecule has 9 nitrogen and oxygen atoms in total. The van der Waals surface area contributed by atoms with Crippen LogP contribution in [0, 0.1) is 5.92 Å². The van der Waals surface area contributed by atoms with Gasteiger partial charge >= 0.3 is 0 Å². The summed E-state index contributed by atoms with van der Waals surface area (Å²) in [6, 6.07) is 7.09. The van der Waals surface area contributed by atoms with Gasteiger partial charge in [0.15, 0.2) is 0 Å². The predicted molar refractivity (Wildman–Crippen MR) is 129 cm³/mol. The number of amides is 3. The van der Waals surface area contributed by atoms with Gasteiger partial charge in [0.25, 0.3) is 0 Å². The third-order valence-corrected chi connectivity index (χ3v) is 7.54. The molecule has 0 bridgehead atoms. The highest BCUT2D eigenvalue weighted by Gasteiger charge is 2.35. The molecule has 3 amide bonds. The number of likely N-dealkylation sites (tertiary alicyclic amines) is 2. The third kappa shape index (κ3) is 5.88. The van der Waals surface area contributed by atoms with Crippen LogP contribution >= 0.6 is 0 Å². The van der Waals surface area contributed by atoms with E-state index in [-0.39, 0.29) is 35.4 Å². The fourth-order valence-corrected chi connectivity index (χ4v) is 5.50. The molecular weight excluding hydrogens is 434 g/mol. The van der Waals surface area contributed by atoms with Crippen molar-refractivity contribution in [1.82, 2.24) is 19.6 Å². The molecule has 1 aromatic rings. The number of aromatic hydroxyl groups is 1. The molecule has 0 aromatic heterocycles. The topological polar surface area (TPSA) is 96.4 Å².